The minimum Gasteiger partial charge on any atom is -0.362 e. The second-order valence-corrected chi connectivity index (χ2v) is 10.8. The number of amides is 1. The number of nitrogens with one attached hydrogen (secondary N) is 1. The molecular formula is C24H19Cl3N2O5S. The molecule has 3 aromatic rings. The van der Waals surface area contributed by atoms with Gasteiger partial charge in [-0.15, -0.1) is 0 Å². The Hall–Kier alpha value is -2.62. The number of ketones is 1. The molecule has 0 spiro atoms. The molecule has 0 radical (unpaired) electrons. The molecule has 0 aliphatic carbocycles. The van der Waals surface area contributed by atoms with E-state index >= 15 is 0 Å². The van der Waals surface area contributed by atoms with E-state index in [1.165, 1.54) is 22.5 Å². The second-order valence-electron chi connectivity index (χ2n) is 7.74. The topological polar surface area (TPSA) is 92.8 Å². The molecule has 7 nitrogen and oxygen atoms in total. The van der Waals surface area contributed by atoms with Gasteiger partial charge in [0.05, 0.1) is 29.4 Å². The van der Waals surface area contributed by atoms with Crippen LogP contribution in [-0.2, 0) is 21.2 Å². The highest BCUT2D eigenvalue weighted by Crippen LogP contribution is 2.28. The van der Waals surface area contributed by atoms with Crippen LogP contribution in [-0.4, -0.2) is 39.2 Å². The number of ether oxygens (including phenoxy) is 1. The van der Waals surface area contributed by atoms with Crippen LogP contribution in [0.5, 0.6) is 0 Å². The SMILES string of the molecule is O=C(Cc1cc(NC(=O)c2ccc(N3CCOCS3(=O)=O)cc2Cl)ccc1Cl)c1ccc(Cl)cc1. The number of benzene rings is 3. The zero-order valence-corrected chi connectivity index (χ0v) is 21.2. The molecule has 1 aliphatic rings. The first kappa shape index (κ1) is 25.5. The number of halogens is 3. The van der Waals surface area contributed by atoms with E-state index < -0.39 is 21.9 Å². The molecule has 0 bridgehead atoms. The Morgan fingerprint density at radius 2 is 1.69 bits per heavy atom. The summed E-state index contributed by atoms with van der Waals surface area (Å²) in [5, 5.41) is 3.75. The maximum absolute atomic E-state index is 12.9. The number of carbonyl (C=O) groups is 2. The van der Waals surface area contributed by atoms with Crippen LogP contribution in [0.1, 0.15) is 26.3 Å². The molecule has 1 fully saturated rings. The minimum absolute atomic E-state index is 0.0354. The molecule has 11 heteroatoms. The van der Waals surface area contributed by atoms with Crippen molar-refractivity contribution in [3.8, 4) is 0 Å². The van der Waals surface area contributed by atoms with Crippen LogP contribution in [0.15, 0.2) is 60.7 Å². The van der Waals surface area contributed by atoms with Crippen molar-refractivity contribution in [1.82, 2.24) is 0 Å². The van der Waals surface area contributed by atoms with E-state index in [0.717, 1.165) is 0 Å². The van der Waals surface area contributed by atoms with Gasteiger partial charge in [-0.05, 0) is 66.2 Å². The Bertz CT molecular complexity index is 1390. The van der Waals surface area contributed by atoms with Crippen molar-refractivity contribution in [3.05, 3.63) is 92.4 Å². The first-order chi connectivity index (χ1) is 16.6. The Morgan fingerprint density at radius 1 is 0.943 bits per heavy atom. The van der Waals surface area contributed by atoms with Crippen molar-refractivity contribution in [3.63, 3.8) is 0 Å². The lowest BCUT2D eigenvalue weighted by molar-refractivity contribution is 0.0991. The quantitative estimate of drug-likeness (QED) is 0.410. The lowest BCUT2D eigenvalue weighted by Crippen LogP contribution is -2.41. The third-order valence-electron chi connectivity index (χ3n) is 5.31. The van der Waals surface area contributed by atoms with Gasteiger partial charge in [0.25, 0.3) is 15.9 Å². The van der Waals surface area contributed by atoms with Gasteiger partial charge in [-0.3, -0.25) is 13.9 Å². The van der Waals surface area contributed by atoms with Crippen molar-refractivity contribution in [2.75, 3.05) is 28.7 Å². The number of carbonyl (C=O) groups excluding carboxylic acids is 2. The normalized spacial score (nSPS) is 15.0. The number of anilines is 2. The zero-order chi connectivity index (χ0) is 25.2. The summed E-state index contributed by atoms with van der Waals surface area (Å²) in [4.78, 5) is 25.5. The van der Waals surface area contributed by atoms with Gasteiger partial charge in [0.2, 0.25) is 0 Å². The number of rotatable bonds is 6. The molecule has 35 heavy (non-hydrogen) atoms. The molecule has 4 rings (SSSR count). The lowest BCUT2D eigenvalue weighted by Gasteiger charge is -2.28. The van der Waals surface area contributed by atoms with Crippen molar-refractivity contribution in [2.45, 2.75) is 6.42 Å². The van der Waals surface area contributed by atoms with Gasteiger partial charge in [-0.25, -0.2) is 8.42 Å². The van der Waals surface area contributed by atoms with Gasteiger partial charge in [-0.2, -0.15) is 0 Å². The molecular weight excluding hydrogens is 535 g/mol. The Labute approximate surface area is 217 Å². The molecule has 0 aromatic heterocycles. The van der Waals surface area contributed by atoms with E-state index in [-0.39, 0.29) is 35.9 Å². The molecule has 0 unspecified atom stereocenters. The number of nitrogens with zero attached hydrogens (tertiary/aromatic N) is 1. The van der Waals surface area contributed by atoms with E-state index in [0.29, 0.717) is 32.5 Å². The summed E-state index contributed by atoms with van der Waals surface area (Å²) in [6.07, 6.45) is 0.0354. The fourth-order valence-electron chi connectivity index (χ4n) is 3.54. The zero-order valence-electron chi connectivity index (χ0n) is 18.1. The highest BCUT2D eigenvalue weighted by atomic mass is 35.5. The van der Waals surface area contributed by atoms with E-state index in [4.69, 9.17) is 39.5 Å². The average molecular weight is 554 g/mol. The highest BCUT2D eigenvalue weighted by molar-refractivity contribution is 7.92. The number of sulfonamides is 1. The molecule has 1 amide bonds. The van der Waals surface area contributed by atoms with Crippen LogP contribution in [0.25, 0.3) is 0 Å². The summed E-state index contributed by atoms with van der Waals surface area (Å²) in [5.41, 5.74) is 1.98. The summed E-state index contributed by atoms with van der Waals surface area (Å²) in [7, 11) is -3.61. The van der Waals surface area contributed by atoms with Gasteiger partial charge in [0.1, 0.15) is 0 Å². The maximum atomic E-state index is 12.9. The van der Waals surface area contributed by atoms with Gasteiger partial charge >= 0.3 is 0 Å². The smallest absolute Gasteiger partial charge is 0.259 e. The predicted octanol–water partition coefficient (Wildman–Crippen LogP) is 5.45. The second kappa shape index (κ2) is 10.6. The van der Waals surface area contributed by atoms with Gasteiger partial charge in [0, 0.05) is 27.7 Å². The van der Waals surface area contributed by atoms with Crippen molar-refractivity contribution in [1.29, 1.82) is 0 Å². The summed E-state index contributed by atoms with van der Waals surface area (Å²) in [6.45, 7) is 0.422. The maximum Gasteiger partial charge on any atom is 0.259 e. The lowest BCUT2D eigenvalue weighted by atomic mass is 10.0. The van der Waals surface area contributed by atoms with Crippen molar-refractivity contribution < 1.29 is 22.7 Å². The first-order valence-corrected chi connectivity index (χ1v) is 13.1. The third-order valence-corrected chi connectivity index (χ3v) is 7.78. The summed E-state index contributed by atoms with van der Waals surface area (Å²) in [5.74, 6) is -1.06. The average Bonchev–Trinajstić information content (AvgIpc) is 2.81. The van der Waals surface area contributed by atoms with Crippen LogP contribution in [0.2, 0.25) is 15.1 Å². The fourth-order valence-corrected chi connectivity index (χ4v) is 5.36. The number of hydrogen-bond acceptors (Lipinski definition) is 5. The highest BCUT2D eigenvalue weighted by Gasteiger charge is 2.27. The Morgan fingerprint density at radius 3 is 2.37 bits per heavy atom. The number of Topliss-reactive ketones (excluding diaryl/α,β-unsaturated/α-hetero) is 1. The molecule has 1 N–H and O–H groups in total. The van der Waals surface area contributed by atoms with E-state index in [2.05, 4.69) is 5.32 Å². The van der Waals surface area contributed by atoms with E-state index in [1.807, 2.05) is 0 Å². The molecule has 0 saturated carbocycles. The van der Waals surface area contributed by atoms with Crippen LogP contribution in [0.4, 0.5) is 11.4 Å². The van der Waals surface area contributed by atoms with Crippen molar-refractivity contribution >= 4 is 67.9 Å². The monoisotopic (exact) mass is 552 g/mol. The van der Waals surface area contributed by atoms with E-state index in [9.17, 15) is 18.0 Å². The largest absolute Gasteiger partial charge is 0.362 e. The number of hydrogen-bond donors (Lipinski definition) is 1. The fraction of sp³-hybridized carbons (Fsp3) is 0.167. The Kier molecular flexibility index (Phi) is 7.68. The van der Waals surface area contributed by atoms with E-state index in [1.54, 1.807) is 42.5 Å². The molecule has 182 valence electrons. The first-order valence-electron chi connectivity index (χ1n) is 10.4. The Balaban J connectivity index is 1.50. The van der Waals surface area contributed by atoms with Gasteiger partial charge in [-0.1, -0.05) is 34.8 Å². The van der Waals surface area contributed by atoms with Crippen molar-refractivity contribution in [2.24, 2.45) is 0 Å². The van der Waals surface area contributed by atoms with Crippen LogP contribution >= 0.6 is 34.8 Å². The summed E-state index contributed by atoms with van der Waals surface area (Å²) in [6, 6.07) is 15.8. The molecule has 1 aliphatic heterocycles. The van der Waals surface area contributed by atoms with Crippen LogP contribution in [0, 0.1) is 0 Å². The minimum atomic E-state index is -3.61. The van der Waals surface area contributed by atoms with Crippen LogP contribution in [0.3, 0.4) is 0 Å². The standard InChI is InChI=1S/C24H19Cl3N2O5S/c25-17-3-1-15(2-4-17)23(30)12-16-11-18(5-8-21(16)26)28-24(31)20-7-6-19(13-22(20)27)29-9-10-34-14-35(29,32)33/h1-8,11,13H,9-10,12,14H2,(H,28,31). The summed E-state index contributed by atoms with van der Waals surface area (Å²) >= 11 is 18.5. The van der Waals surface area contributed by atoms with Gasteiger partial charge in [0.15, 0.2) is 11.7 Å². The van der Waals surface area contributed by atoms with Gasteiger partial charge < -0.3 is 10.1 Å². The summed E-state index contributed by atoms with van der Waals surface area (Å²) < 4.78 is 30.7. The molecule has 1 heterocycles. The molecule has 3 aromatic carbocycles. The predicted molar refractivity (Wildman–Crippen MR) is 137 cm³/mol. The third kappa shape index (κ3) is 5.97. The molecule has 1 saturated heterocycles. The molecule has 0 atom stereocenters. The van der Waals surface area contributed by atoms with Crippen LogP contribution < -0.4 is 9.62 Å².